The van der Waals surface area contributed by atoms with Gasteiger partial charge in [-0.1, -0.05) is 37.3 Å². The van der Waals surface area contributed by atoms with E-state index < -0.39 is 0 Å². The van der Waals surface area contributed by atoms with Gasteiger partial charge >= 0.3 is 0 Å². The lowest BCUT2D eigenvalue weighted by molar-refractivity contribution is 0.0734. The first-order chi connectivity index (χ1) is 11.1. The highest BCUT2D eigenvalue weighted by atomic mass is 16.2. The highest BCUT2D eigenvalue weighted by molar-refractivity contribution is 5.93. The van der Waals surface area contributed by atoms with Crippen molar-refractivity contribution in [2.75, 3.05) is 7.05 Å². The van der Waals surface area contributed by atoms with Crippen LogP contribution < -0.4 is 0 Å². The molecule has 0 N–H and O–H groups in total. The molecule has 0 radical (unpaired) electrons. The molecule has 0 aliphatic heterocycles. The molecule has 1 atom stereocenters. The number of carbonyl (C=O) groups excluding carboxylic acids is 1. The molecule has 2 heterocycles. The summed E-state index contributed by atoms with van der Waals surface area (Å²) in [5.41, 5.74) is 3.31. The van der Waals surface area contributed by atoms with E-state index >= 15 is 0 Å². The van der Waals surface area contributed by atoms with E-state index in [2.05, 4.69) is 11.9 Å². The molecule has 1 unspecified atom stereocenters. The predicted molar refractivity (Wildman–Crippen MR) is 92.5 cm³/mol. The van der Waals surface area contributed by atoms with Crippen molar-refractivity contribution in [3.05, 3.63) is 60.6 Å². The monoisotopic (exact) mass is 307 g/mol. The van der Waals surface area contributed by atoms with Crippen molar-refractivity contribution in [3.63, 3.8) is 0 Å². The van der Waals surface area contributed by atoms with Crippen LogP contribution in [0.4, 0.5) is 0 Å². The second-order valence-electron chi connectivity index (χ2n) is 5.81. The average molecular weight is 307 g/mol. The van der Waals surface area contributed by atoms with Gasteiger partial charge in [0, 0.05) is 31.0 Å². The van der Waals surface area contributed by atoms with Gasteiger partial charge in [-0.15, -0.1) is 0 Å². The fourth-order valence-corrected chi connectivity index (χ4v) is 2.61. The quantitative estimate of drug-likeness (QED) is 0.734. The third-order valence-electron chi connectivity index (χ3n) is 4.35. The summed E-state index contributed by atoms with van der Waals surface area (Å²) in [6.07, 6.45) is 4.67. The Hall–Kier alpha value is -2.62. The summed E-state index contributed by atoms with van der Waals surface area (Å²) in [5, 5.41) is 0. The van der Waals surface area contributed by atoms with Crippen LogP contribution in [0, 0.1) is 0 Å². The number of aromatic nitrogens is 2. The average Bonchev–Trinajstić information content (AvgIpc) is 3.08. The molecule has 0 spiro atoms. The number of fused-ring (bicyclic) bond motifs is 1. The number of nitrogens with zero attached hydrogens (tertiary/aromatic N) is 3. The first kappa shape index (κ1) is 15.3. The Labute approximate surface area is 136 Å². The van der Waals surface area contributed by atoms with Gasteiger partial charge in [0.2, 0.25) is 0 Å². The molecule has 1 aromatic carbocycles. The van der Waals surface area contributed by atoms with Crippen LogP contribution in [0.5, 0.6) is 0 Å². The van der Waals surface area contributed by atoms with Gasteiger partial charge in [0.15, 0.2) is 0 Å². The summed E-state index contributed by atoms with van der Waals surface area (Å²) in [5.74, 6) is -0.0490. The Morgan fingerprint density at radius 3 is 2.65 bits per heavy atom. The number of rotatable bonds is 4. The van der Waals surface area contributed by atoms with Crippen LogP contribution in [0.25, 0.3) is 16.8 Å². The van der Waals surface area contributed by atoms with E-state index in [1.807, 2.05) is 73.2 Å². The van der Waals surface area contributed by atoms with Gasteiger partial charge in [0.1, 0.15) is 5.69 Å². The Bertz CT molecular complexity index is 823. The van der Waals surface area contributed by atoms with Crippen molar-refractivity contribution in [2.24, 2.45) is 0 Å². The largest absolute Gasteiger partial charge is 0.338 e. The third-order valence-corrected chi connectivity index (χ3v) is 4.35. The SMILES string of the molecule is CCC(C)N(C)C(=O)c1cn2cccc2c(-c2ccccc2)n1. The molecule has 4 heteroatoms. The number of benzene rings is 1. The number of hydrogen-bond donors (Lipinski definition) is 0. The lowest BCUT2D eigenvalue weighted by Crippen LogP contribution is -2.35. The van der Waals surface area contributed by atoms with E-state index in [1.165, 1.54) is 0 Å². The summed E-state index contributed by atoms with van der Waals surface area (Å²) in [7, 11) is 1.83. The van der Waals surface area contributed by atoms with Crippen molar-refractivity contribution < 1.29 is 4.79 Å². The zero-order valence-corrected chi connectivity index (χ0v) is 13.7. The summed E-state index contributed by atoms with van der Waals surface area (Å²) >= 11 is 0. The van der Waals surface area contributed by atoms with Gasteiger partial charge in [-0.2, -0.15) is 0 Å². The molecular formula is C19H21N3O. The van der Waals surface area contributed by atoms with E-state index in [-0.39, 0.29) is 11.9 Å². The molecule has 4 nitrogen and oxygen atoms in total. The van der Waals surface area contributed by atoms with Crippen LogP contribution in [-0.4, -0.2) is 33.3 Å². The van der Waals surface area contributed by atoms with Crippen molar-refractivity contribution in [1.82, 2.24) is 14.3 Å². The first-order valence-electron chi connectivity index (χ1n) is 7.92. The standard InChI is InChI=1S/C19H21N3O/c1-4-14(2)21(3)19(23)16-13-22-12-8-11-17(22)18(20-16)15-9-6-5-7-10-15/h5-14H,4H2,1-3H3. The summed E-state index contributed by atoms with van der Waals surface area (Å²) in [6.45, 7) is 4.12. The predicted octanol–water partition coefficient (Wildman–Crippen LogP) is 3.87. The van der Waals surface area contributed by atoms with Gasteiger partial charge in [-0.05, 0) is 25.5 Å². The smallest absolute Gasteiger partial charge is 0.273 e. The highest BCUT2D eigenvalue weighted by Crippen LogP contribution is 2.24. The summed E-state index contributed by atoms with van der Waals surface area (Å²) < 4.78 is 1.97. The van der Waals surface area contributed by atoms with E-state index in [0.29, 0.717) is 5.69 Å². The molecule has 23 heavy (non-hydrogen) atoms. The van der Waals surface area contributed by atoms with Crippen LogP contribution in [0.15, 0.2) is 54.9 Å². The van der Waals surface area contributed by atoms with Crippen LogP contribution in [0.3, 0.4) is 0 Å². The number of amides is 1. The van der Waals surface area contributed by atoms with E-state index in [1.54, 1.807) is 4.90 Å². The van der Waals surface area contributed by atoms with Crippen molar-refractivity contribution in [1.29, 1.82) is 0 Å². The molecule has 0 bridgehead atoms. The molecule has 0 fully saturated rings. The van der Waals surface area contributed by atoms with Crippen LogP contribution in [0.1, 0.15) is 30.8 Å². The van der Waals surface area contributed by atoms with Gasteiger partial charge in [-0.3, -0.25) is 4.79 Å². The molecule has 3 aromatic rings. The highest BCUT2D eigenvalue weighted by Gasteiger charge is 2.19. The Morgan fingerprint density at radius 1 is 1.22 bits per heavy atom. The minimum atomic E-state index is -0.0490. The fraction of sp³-hybridized carbons (Fsp3) is 0.263. The molecule has 0 aliphatic carbocycles. The number of hydrogen-bond acceptors (Lipinski definition) is 2. The number of carbonyl (C=O) groups is 1. The zero-order chi connectivity index (χ0) is 16.4. The molecule has 0 saturated carbocycles. The Kier molecular flexibility index (Phi) is 4.15. The molecule has 0 saturated heterocycles. The van der Waals surface area contributed by atoms with Gasteiger partial charge < -0.3 is 9.30 Å². The minimum Gasteiger partial charge on any atom is -0.338 e. The third kappa shape index (κ3) is 2.84. The second kappa shape index (κ2) is 6.24. The van der Waals surface area contributed by atoms with Crippen LogP contribution >= 0.6 is 0 Å². The minimum absolute atomic E-state index is 0.0490. The van der Waals surface area contributed by atoms with Crippen LogP contribution in [-0.2, 0) is 0 Å². The molecule has 2 aromatic heterocycles. The fourth-order valence-electron chi connectivity index (χ4n) is 2.61. The second-order valence-corrected chi connectivity index (χ2v) is 5.81. The lowest BCUT2D eigenvalue weighted by atomic mass is 10.1. The van der Waals surface area contributed by atoms with Gasteiger partial charge in [-0.25, -0.2) is 4.98 Å². The topological polar surface area (TPSA) is 37.6 Å². The summed E-state index contributed by atoms with van der Waals surface area (Å²) in [6, 6.07) is 14.1. The van der Waals surface area contributed by atoms with E-state index in [0.717, 1.165) is 23.2 Å². The Balaban J connectivity index is 2.11. The molecule has 3 rings (SSSR count). The van der Waals surface area contributed by atoms with Crippen molar-refractivity contribution in [3.8, 4) is 11.3 Å². The first-order valence-corrected chi connectivity index (χ1v) is 7.92. The molecule has 0 aliphatic rings. The normalized spacial score (nSPS) is 12.3. The van der Waals surface area contributed by atoms with E-state index in [4.69, 9.17) is 0 Å². The van der Waals surface area contributed by atoms with E-state index in [9.17, 15) is 4.79 Å². The lowest BCUT2D eigenvalue weighted by Gasteiger charge is -2.23. The van der Waals surface area contributed by atoms with Crippen molar-refractivity contribution in [2.45, 2.75) is 26.3 Å². The zero-order valence-electron chi connectivity index (χ0n) is 13.7. The van der Waals surface area contributed by atoms with Gasteiger partial charge in [0.25, 0.3) is 5.91 Å². The molecular weight excluding hydrogens is 286 g/mol. The summed E-state index contributed by atoms with van der Waals surface area (Å²) in [4.78, 5) is 19.2. The maximum absolute atomic E-state index is 12.7. The maximum atomic E-state index is 12.7. The van der Waals surface area contributed by atoms with Gasteiger partial charge in [0.05, 0.1) is 11.2 Å². The maximum Gasteiger partial charge on any atom is 0.273 e. The van der Waals surface area contributed by atoms with Crippen LogP contribution in [0.2, 0.25) is 0 Å². The Morgan fingerprint density at radius 2 is 1.96 bits per heavy atom. The van der Waals surface area contributed by atoms with Crippen molar-refractivity contribution >= 4 is 11.4 Å². The molecule has 118 valence electrons. The molecule has 1 amide bonds.